The smallest absolute Gasteiger partial charge is 0.0854 e. The van der Waals surface area contributed by atoms with Crippen LogP contribution in [0.3, 0.4) is 0 Å². The van der Waals surface area contributed by atoms with Crippen molar-refractivity contribution in [3.05, 3.63) is 77.7 Å². The van der Waals surface area contributed by atoms with E-state index in [1.54, 1.807) is 17.6 Å². The molecule has 0 saturated carbocycles. The van der Waals surface area contributed by atoms with Crippen molar-refractivity contribution in [3.8, 4) is 22.4 Å². The predicted octanol–water partition coefficient (Wildman–Crippen LogP) is 4.88. The van der Waals surface area contributed by atoms with Crippen LogP contribution in [-0.4, -0.2) is 10.5 Å². The van der Waals surface area contributed by atoms with Crippen LogP contribution in [0.1, 0.15) is 5.56 Å². The summed E-state index contributed by atoms with van der Waals surface area (Å²) in [5.74, 6) is 3.04. The molecule has 0 aliphatic heterocycles. The normalized spacial score (nSPS) is 12.7. The molecule has 0 spiro atoms. The predicted molar refractivity (Wildman–Crippen MR) is 97.8 cm³/mol. The molecule has 0 amide bonds. The highest BCUT2D eigenvalue weighted by Crippen LogP contribution is 2.27. The molecule has 0 N–H and O–H groups in total. The molecule has 23 heavy (non-hydrogen) atoms. The van der Waals surface area contributed by atoms with Crippen LogP contribution in [0.15, 0.2) is 81.4 Å². The number of hydrogen-bond acceptors (Lipinski definition) is 3. The first-order valence-electron chi connectivity index (χ1n) is 7.07. The molecule has 0 aliphatic carbocycles. The van der Waals surface area contributed by atoms with E-state index in [9.17, 15) is 4.21 Å². The van der Waals surface area contributed by atoms with Crippen LogP contribution >= 0.6 is 11.3 Å². The van der Waals surface area contributed by atoms with Crippen LogP contribution in [0.25, 0.3) is 10.4 Å². The number of benzene rings is 2. The van der Waals surface area contributed by atoms with Crippen molar-refractivity contribution in [1.29, 1.82) is 0 Å². The summed E-state index contributed by atoms with van der Waals surface area (Å²) < 4.78 is 16.7. The molecule has 1 atom stereocenters. The van der Waals surface area contributed by atoms with E-state index >= 15 is 0 Å². The Balaban J connectivity index is 1.98. The number of rotatable bonds is 2. The number of thiophene rings is 1. The van der Waals surface area contributed by atoms with Gasteiger partial charge in [0.1, 0.15) is 0 Å². The SMILES string of the molecule is CS(=O)(=NC#Cc1ccccc1-c1cccs1)c1ccccc1. The third-order valence-corrected chi connectivity index (χ3v) is 5.79. The standard InChI is InChI=1S/C19H15NOS2/c1-23(21,17-9-3-2-4-10-17)20-14-13-16-8-5-6-11-18(16)19-12-7-15-22-19/h2-12,15H,1H3. The average Bonchev–Trinajstić information content (AvgIpc) is 3.10. The van der Waals surface area contributed by atoms with Gasteiger partial charge in [-0.3, -0.25) is 0 Å². The van der Waals surface area contributed by atoms with Crippen LogP contribution in [0, 0.1) is 12.0 Å². The van der Waals surface area contributed by atoms with Crippen molar-refractivity contribution in [2.24, 2.45) is 4.36 Å². The Bertz CT molecular complexity index is 971. The maximum atomic E-state index is 12.6. The van der Waals surface area contributed by atoms with Gasteiger partial charge in [0.25, 0.3) is 0 Å². The maximum absolute atomic E-state index is 12.6. The molecule has 114 valence electrons. The topological polar surface area (TPSA) is 29.4 Å². The Morgan fingerprint density at radius 3 is 2.43 bits per heavy atom. The Labute approximate surface area is 141 Å². The van der Waals surface area contributed by atoms with Crippen molar-refractivity contribution >= 4 is 21.1 Å². The summed E-state index contributed by atoms with van der Waals surface area (Å²) in [7, 11) is -2.49. The number of hydrogen-bond donors (Lipinski definition) is 0. The minimum Gasteiger partial charge on any atom is -0.244 e. The second-order valence-corrected chi connectivity index (χ2v) is 8.17. The summed E-state index contributed by atoms with van der Waals surface area (Å²) in [5.41, 5.74) is 1.97. The Hall–Kier alpha value is -2.35. The highest BCUT2D eigenvalue weighted by molar-refractivity contribution is 7.93. The van der Waals surface area contributed by atoms with Gasteiger partial charge in [0, 0.05) is 33.2 Å². The van der Waals surface area contributed by atoms with Crippen LogP contribution < -0.4 is 0 Å². The summed E-state index contributed by atoms with van der Waals surface area (Å²) in [6.07, 6.45) is 1.61. The summed E-state index contributed by atoms with van der Waals surface area (Å²) >= 11 is 1.67. The zero-order valence-electron chi connectivity index (χ0n) is 12.6. The Morgan fingerprint density at radius 2 is 1.70 bits per heavy atom. The van der Waals surface area contributed by atoms with Gasteiger partial charge in [-0.2, -0.15) is 0 Å². The fourth-order valence-corrected chi connectivity index (χ4v) is 3.89. The minimum atomic E-state index is -2.49. The van der Waals surface area contributed by atoms with E-state index < -0.39 is 9.73 Å². The molecule has 0 radical (unpaired) electrons. The molecule has 0 bridgehead atoms. The summed E-state index contributed by atoms with van der Waals surface area (Å²) in [4.78, 5) is 1.86. The van der Waals surface area contributed by atoms with Crippen molar-refractivity contribution in [1.82, 2.24) is 0 Å². The van der Waals surface area contributed by atoms with Gasteiger partial charge in [-0.15, -0.1) is 15.7 Å². The molecule has 1 heterocycles. The molecule has 0 saturated heterocycles. The highest BCUT2D eigenvalue weighted by Gasteiger charge is 2.04. The molecule has 0 aliphatic rings. The first-order valence-corrected chi connectivity index (χ1v) is 9.87. The summed E-state index contributed by atoms with van der Waals surface area (Å²) in [5, 5.41) is 2.04. The van der Waals surface area contributed by atoms with Gasteiger partial charge >= 0.3 is 0 Å². The monoisotopic (exact) mass is 337 g/mol. The fourth-order valence-electron chi connectivity index (χ4n) is 2.13. The molecule has 0 fully saturated rings. The van der Waals surface area contributed by atoms with Crippen LogP contribution in [0.2, 0.25) is 0 Å². The quantitative estimate of drug-likeness (QED) is 0.613. The largest absolute Gasteiger partial charge is 0.244 e. The third kappa shape index (κ3) is 3.70. The van der Waals surface area contributed by atoms with Crippen LogP contribution in [0.4, 0.5) is 0 Å². The zero-order chi connectivity index (χ0) is 16.1. The van der Waals surface area contributed by atoms with E-state index in [2.05, 4.69) is 22.4 Å². The van der Waals surface area contributed by atoms with E-state index in [0.29, 0.717) is 4.90 Å². The fraction of sp³-hybridized carbons (Fsp3) is 0.0526. The molecule has 1 aromatic heterocycles. The van der Waals surface area contributed by atoms with Gasteiger partial charge in [-0.1, -0.05) is 42.5 Å². The lowest BCUT2D eigenvalue weighted by Crippen LogP contribution is -1.95. The lowest BCUT2D eigenvalue weighted by molar-refractivity contribution is 0.681. The molecule has 2 aromatic carbocycles. The Morgan fingerprint density at radius 1 is 0.957 bits per heavy atom. The molecular weight excluding hydrogens is 322 g/mol. The first kappa shape index (κ1) is 15.5. The van der Waals surface area contributed by atoms with Gasteiger partial charge in [0.05, 0.1) is 9.73 Å². The number of nitrogens with zero attached hydrogens (tertiary/aromatic N) is 1. The van der Waals surface area contributed by atoms with Gasteiger partial charge in [0.15, 0.2) is 0 Å². The van der Waals surface area contributed by atoms with E-state index in [1.807, 2.05) is 66.0 Å². The van der Waals surface area contributed by atoms with Gasteiger partial charge < -0.3 is 0 Å². The molecule has 1 unspecified atom stereocenters. The molecule has 3 rings (SSSR count). The third-order valence-electron chi connectivity index (χ3n) is 3.30. The van der Waals surface area contributed by atoms with Crippen molar-refractivity contribution in [2.45, 2.75) is 4.90 Å². The minimum absolute atomic E-state index is 0.695. The highest BCUT2D eigenvalue weighted by atomic mass is 32.2. The average molecular weight is 337 g/mol. The molecule has 4 heteroatoms. The van der Waals surface area contributed by atoms with E-state index in [0.717, 1.165) is 16.0 Å². The van der Waals surface area contributed by atoms with Gasteiger partial charge in [-0.25, -0.2) is 4.21 Å². The van der Waals surface area contributed by atoms with E-state index in [4.69, 9.17) is 0 Å². The van der Waals surface area contributed by atoms with Crippen LogP contribution in [-0.2, 0) is 9.73 Å². The van der Waals surface area contributed by atoms with Crippen molar-refractivity contribution in [2.75, 3.05) is 6.26 Å². The lowest BCUT2D eigenvalue weighted by atomic mass is 10.1. The second-order valence-electron chi connectivity index (χ2n) is 4.97. The van der Waals surface area contributed by atoms with Crippen molar-refractivity contribution < 1.29 is 4.21 Å². The summed E-state index contributed by atoms with van der Waals surface area (Å²) in [6, 6.07) is 24.0. The van der Waals surface area contributed by atoms with Gasteiger partial charge in [-0.05, 0) is 35.6 Å². The summed E-state index contributed by atoms with van der Waals surface area (Å²) in [6.45, 7) is 0. The zero-order valence-corrected chi connectivity index (χ0v) is 14.2. The van der Waals surface area contributed by atoms with Crippen molar-refractivity contribution in [3.63, 3.8) is 0 Å². The first-order chi connectivity index (χ1) is 11.2. The lowest BCUT2D eigenvalue weighted by Gasteiger charge is -2.01. The van der Waals surface area contributed by atoms with Crippen LogP contribution in [0.5, 0.6) is 0 Å². The molecule has 3 aromatic rings. The van der Waals surface area contributed by atoms with E-state index in [-0.39, 0.29) is 0 Å². The Kier molecular flexibility index (Phi) is 4.61. The molecular formula is C19H15NOS2. The maximum Gasteiger partial charge on any atom is 0.0854 e. The molecule has 2 nitrogen and oxygen atoms in total. The van der Waals surface area contributed by atoms with Gasteiger partial charge in [0.2, 0.25) is 0 Å². The van der Waals surface area contributed by atoms with E-state index in [1.165, 1.54) is 0 Å². The second kappa shape index (κ2) is 6.82.